The summed E-state index contributed by atoms with van der Waals surface area (Å²) in [4.78, 5) is 20.4. The molecule has 2 aromatic heterocycles. The minimum absolute atomic E-state index is 0.0108. The fourth-order valence-corrected chi connectivity index (χ4v) is 2.10. The molecular weight excluding hydrogens is 257 g/mol. The first-order chi connectivity index (χ1) is 9.66. The lowest BCUT2D eigenvalue weighted by Crippen LogP contribution is -2.27. The second kappa shape index (κ2) is 4.77. The molecule has 0 spiro atoms. The molecule has 1 amide bonds. The molecule has 3 rings (SSSR count). The molecule has 1 aromatic carbocycles. The quantitative estimate of drug-likeness (QED) is 0.777. The summed E-state index contributed by atoms with van der Waals surface area (Å²) >= 11 is 0. The van der Waals surface area contributed by atoms with E-state index in [1.54, 1.807) is 7.05 Å². The van der Waals surface area contributed by atoms with Crippen molar-refractivity contribution in [2.24, 2.45) is 0 Å². The van der Waals surface area contributed by atoms with Crippen LogP contribution in [-0.4, -0.2) is 22.9 Å². The molecule has 3 aromatic rings. The fourth-order valence-electron chi connectivity index (χ4n) is 2.10. The van der Waals surface area contributed by atoms with E-state index in [0.717, 1.165) is 17.1 Å². The summed E-state index contributed by atoms with van der Waals surface area (Å²) in [6, 6.07) is 8.88. The van der Waals surface area contributed by atoms with E-state index < -0.39 is 11.7 Å². The predicted octanol–water partition coefficient (Wildman–Crippen LogP) is 2.98. The van der Waals surface area contributed by atoms with Crippen molar-refractivity contribution in [2.75, 3.05) is 11.9 Å². The molecule has 0 bridgehead atoms. The van der Waals surface area contributed by atoms with Gasteiger partial charge < -0.3 is 9.88 Å². The number of rotatable bonds is 2. The van der Waals surface area contributed by atoms with E-state index in [4.69, 9.17) is 0 Å². The number of H-pyrrole nitrogens is 1. The van der Waals surface area contributed by atoms with Gasteiger partial charge in [-0.25, -0.2) is 4.39 Å². The highest BCUT2D eigenvalue weighted by Crippen LogP contribution is 2.22. The highest BCUT2D eigenvalue weighted by atomic mass is 19.1. The third-order valence-electron chi connectivity index (χ3n) is 3.23. The summed E-state index contributed by atoms with van der Waals surface area (Å²) in [6.07, 6.45) is 4.27. The zero-order valence-corrected chi connectivity index (χ0v) is 10.8. The normalized spacial score (nSPS) is 10.7. The molecule has 5 heteroatoms. The summed E-state index contributed by atoms with van der Waals surface area (Å²) in [7, 11) is 1.62. The molecule has 0 atom stereocenters. The minimum atomic E-state index is -0.618. The topological polar surface area (TPSA) is 49.0 Å². The molecule has 0 radical (unpaired) electrons. The first kappa shape index (κ1) is 12.3. The van der Waals surface area contributed by atoms with Gasteiger partial charge in [0.15, 0.2) is 5.82 Å². The van der Waals surface area contributed by atoms with E-state index in [2.05, 4.69) is 9.97 Å². The molecule has 100 valence electrons. The maximum absolute atomic E-state index is 13.6. The molecule has 2 heterocycles. The Labute approximate surface area is 114 Å². The Balaban J connectivity index is 1.97. The third kappa shape index (κ3) is 2.03. The van der Waals surface area contributed by atoms with E-state index in [9.17, 15) is 9.18 Å². The number of benzene rings is 1. The largest absolute Gasteiger partial charge is 0.361 e. The Morgan fingerprint density at radius 1 is 1.30 bits per heavy atom. The number of halogens is 1. The smallest absolute Gasteiger partial charge is 0.261 e. The van der Waals surface area contributed by atoms with E-state index in [1.807, 2.05) is 30.5 Å². The minimum Gasteiger partial charge on any atom is -0.361 e. The van der Waals surface area contributed by atoms with Crippen molar-refractivity contribution >= 4 is 22.5 Å². The van der Waals surface area contributed by atoms with Gasteiger partial charge in [-0.2, -0.15) is 0 Å². The molecule has 20 heavy (non-hydrogen) atoms. The summed E-state index contributed by atoms with van der Waals surface area (Å²) in [6.45, 7) is 0. The third-order valence-corrected chi connectivity index (χ3v) is 3.23. The molecule has 4 nitrogen and oxygen atoms in total. The number of nitrogens with zero attached hydrogens (tertiary/aromatic N) is 2. The molecule has 0 unspecified atom stereocenters. The fraction of sp³-hybridized carbons (Fsp3) is 0.0667. The first-order valence-electron chi connectivity index (χ1n) is 6.11. The van der Waals surface area contributed by atoms with E-state index in [1.165, 1.54) is 17.2 Å². The SMILES string of the molecule is CN(C(=O)c1ccncc1F)c1ccc2[nH]ccc2c1. The molecule has 0 aliphatic heterocycles. The number of aromatic nitrogens is 2. The average Bonchev–Trinajstić information content (AvgIpc) is 2.93. The zero-order valence-electron chi connectivity index (χ0n) is 10.8. The van der Waals surface area contributed by atoms with Gasteiger partial charge in [0.25, 0.3) is 5.91 Å². The Bertz CT molecular complexity index is 781. The van der Waals surface area contributed by atoms with Gasteiger partial charge in [-0.15, -0.1) is 0 Å². The van der Waals surface area contributed by atoms with Crippen LogP contribution in [0.25, 0.3) is 10.9 Å². The van der Waals surface area contributed by atoms with Crippen LogP contribution >= 0.6 is 0 Å². The predicted molar refractivity (Wildman–Crippen MR) is 75.2 cm³/mol. The zero-order chi connectivity index (χ0) is 14.1. The van der Waals surface area contributed by atoms with Crippen molar-refractivity contribution < 1.29 is 9.18 Å². The lowest BCUT2D eigenvalue weighted by Gasteiger charge is -2.17. The van der Waals surface area contributed by atoms with Crippen molar-refractivity contribution in [3.63, 3.8) is 0 Å². The Kier molecular flexibility index (Phi) is 2.95. The number of nitrogens with one attached hydrogen (secondary N) is 1. The van der Waals surface area contributed by atoms with Crippen LogP contribution in [-0.2, 0) is 0 Å². The van der Waals surface area contributed by atoms with Crippen LogP contribution in [0.1, 0.15) is 10.4 Å². The summed E-state index contributed by atoms with van der Waals surface area (Å²) < 4.78 is 13.6. The maximum Gasteiger partial charge on any atom is 0.261 e. The van der Waals surface area contributed by atoms with Crippen LogP contribution in [0, 0.1) is 5.82 Å². The van der Waals surface area contributed by atoms with Gasteiger partial charge in [0.1, 0.15) is 0 Å². The van der Waals surface area contributed by atoms with Gasteiger partial charge in [-0.1, -0.05) is 0 Å². The number of pyridine rings is 1. The van der Waals surface area contributed by atoms with Gasteiger partial charge in [-0.3, -0.25) is 9.78 Å². The Morgan fingerprint density at radius 3 is 2.95 bits per heavy atom. The summed E-state index contributed by atoms with van der Waals surface area (Å²) in [5, 5.41) is 0.998. The van der Waals surface area contributed by atoms with E-state index >= 15 is 0 Å². The number of fused-ring (bicyclic) bond motifs is 1. The van der Waals surface area contributed by atoms with Gasteiger partial charge in [0.05, 0.1) is 11.8 Å². The number of carbonyl (C=O) groups excluding carboxylic acids is 1. The van der Waals surface area contributed by atoms with Gasteiger partial charge in [0.2, 0.25) is 0 Å². The van der Waals surface area contributed by atoms with Crippen LogP contribution in [0.15, 0.2) is 48.9 Å². The summed E-state index contributed by atoms with van der Waals surface area (Å²) in [5.41, 5.74) is 1.71. The number of hydrogen-bond donors (Lipinski definition) is 1. The molecule has 0 aliphatic carbocycles. The van der Waals surface area contributed by atoms with Crippen LogP contribution in [0.4, 0.5) is 10.1 Å². The number of hydrogen-bond acceptors (Lipinski definition) is 2. The van der Waals surface area contributed by atoms with Crippen LogP contribution in [0.5, 0.6) is 0 Å². The lowest BCUT2D eigenvalue weighted by atomic mass is 10.2. The van der Waals surface area contributed by atoms with Crippen molar-refractivity contribution in [3.05, 3.63) is 60.3 Å². The molecule has 0 aliphatic rings. The van der Waals surface area contributed by atoms with E-state index in [-0.39, 0.29) is 5.56 Å². The van der Waals surface area contributed by atoms with Crippen molar-refractivity contribution in [3.8, 4) is 0 Å². The van der Waals surface area contributed by atoms with Crippen molar-refractivity contribution in [2.45, 2.75) is 0 Å². The monoisotopic (exact) mass is 269 g/mol. The molecule has 1 N–H and O–H groups in total. The Morgan fingerprint density at radius 2 is 2.15 bits per heavy atom. The van der Waals surface area contributed by atoms with Crippen molar-refractivity contribution in [1.29, 1.82) is 0 Å². The first-order valence-corrected chi connectivity index (χ1v) is 6.11. The lowest BCUT2D eigenvalue weighted by molar-refractivity contribution is 0.0989. The number of anilines is 1. The number of amides is 1. The molecule has 0 saturated carbocycles. The van der Waals surface area contributed by atoms with Crippen LogP contribution in [0.2, 0.25) is 0 Å². The molecule has 0 saturated heterocycles. The van der Waals surface area contributed by atoms with Crippen LogP contribution in [0.3, 0.4) is 0 Å². The highest BCUT2D eigenvalue weighted by molar-refractivity contribution is 6.06. The Hall–Kier alpha value is -2.69. The van der Waals surface area contributed by atoms with E-state index in [0.29, 0.717) is 5.69 Å². The molecular formula is C15H12FN3O. The standard InChI is InChI=1S/C15H12FN3O/c1-19(15(20)12-5-6-17-9-13(12)16)11-2-3-14-10(8-11)4-7-18-14/h2-9,18H,1H3. The second-order valence-corrected chi connectivity index (χ2v) is 4.47. The van der Waals surface area contributed by atoms with Crippen molar-refractivity contribution in [1.82, 2.24) is 9.97 Å². The highest BCUT2D eigenvalue weighted by Gasteiger charge is 2.17. The molecule has 0 fully saturated rings. The van der Waals surface area contributed by atoms with Gasteiger partial charge >= 0.3 is 0 Å². The summed E-state index contributed by atoms with van der Waals surface area (Å²) in [5.74, 6) is -1.02. The maximum atomic E-state index is 13.6. The number of carbonyl (C=O) groups is 1. The van der Waals surface area contributed by atoms with Gasteiger partial charge in [0, 0.05) is 36.0 Å². The average molecular weight is 269 g/mol. The van der Waals surface area contributed by atoms with Gasteiger partial charge in [-0.05, 0) is 30.3 Å². The number of aromatic amines is 1. The second-order valence-electron chi connectivity index (χ2n) is 4.47. The van der Waals surface area contributed by atoms with Crippen LogP contribution < -0.4 is 4.90 Å².